The van der Waals surface area contributed by atoms with Gasteiger partial charge in [0.05, 0.1) is 0 Å². The summed E-state index contributed by atoms with van der Waals surface area (Å²) in [6.07, 6.45) is 0. The van der Waals surface area contributed by atoms with Gasteiger partial charge in [-0.1, -0.05) is 17.7 Å². The molecule has 0 unspecified atom stereocenters. The van der Waals surface area contributed by atoms with Crippen molar-refractivity contribution in [2.24, 2.45) is 0 Å². The first-order valence-electron chi connectivity index (χ1n) is 6.77. The summed E-state index contributed by atoms with van der Waals surface area (Å²) < 4.78 is 0. The van der Waals surface area contributed by atoms with Crippen molar-refractivity contribution in [3.05, 3.63) is 28.8 Å². The summed E-state index contributed by atoms with van der Waals surface area (Å²) in [4.78, 5) is 23.3. The van der Waals surface area contributed by atoms with Gasteiger partial charge in [0.1, 0.15) is 0 Å². The van der Waals surface area contributed by atoms with Gasteiger partial charge in [0.15, 0.2) is 12.6 Å². The molecular formula is C15H24N3O2+. The van der Waals surface area contributed by atoms with Gasteiger partial charge in [0.25, 0.3) is 11.8 Å². The highest BCUT2D eigenvalue weighted by Gasteiger charge is 2.18. The Balaban J connectivity index is 2.69. The summed E-state index contributed by atoms with van der Waals surface area (Å²) >= 11 is 0. The van der Waals surface area contributed by atoms with Crippen LogP contribution in [0, 0.1) is 20.8 Å². The average molecular weight is 278 g/mol. The largest absolute Gasteiger partial charge is 0.354 e. The zero-order valence-corrected chi connectivity index (χ0v) is 12.8. The molecule has 5 nitrogen and oxygen atoms in total. The van der Waals surface area contributed by atoms with Gasteiger partial charge in [-0.15, -0.1) is 0 Å². The van der Waals surface area contributed by atoms with E-state index in [1.54, 1.807) is 19.3 Å². The monoisotopic (exact) mass is 278 g/mol. The molecule has 0 fully saturated rings. The molecule has 1 atom stereocenters. The van der Waals surface area contributed by atoms with Gasteiger partial charge in [-0.05, 0) is 38.8 Å². The van der Waals surface area contributed by atoms with Gasteiger partial charge in [-0.25, -0.2) is 0 Å². The number of likely N-dealkylation sites (N-methyl/N-ethyl adjacent to an activating group) is 1. The van der Waals surface area contributed by atoms with Crippen molar-refractivity contribution in [1.29, 1.82) is 0 Å². The molecule has 20 heavy (non-hydrogen) atoms. The summed E-state index contributed by atoms with van der Waals surface area (Å²) in [7, 11) is 1.58. The normalized spacial score (nSPS) is 11.8. The predicted molar refractivity (Wildman–Crippen MR) is 79.6 cm³/mol. The van der Waals surface area contributed by atoms with Gasteiger partial charge < -0.3 is 16.0 Å². The number of quaternary nitrogens is 1. The molecule has 1 rings (SSSR count). The number of nitrogens with two attached hydrogens (primary N) is 1. The van der Waals surface area contributed by atoms with E-state index in [1.165, 1.54) is 5.56 Å². The number of benzene rings is 1. The molecule has 0 aliphatic rings. The van der Waals surface area contributed by atoms with E-state index >= 15 is 0 Å². The van der Waals surface area contributed by atoms with Crippen molar-refractivity contribution in [1.82, 2.24) is 5.32 Å². The van der Waals surface area contributed by atoms with Crippen LogP contribution in [0.25, 0.3) is 0 Å². The van der Waals surface area contributed by atoms with E-state index in [1.807, 2.05) is 32.9 Å². The Labute approximate surface area is 120 Å². The van der Waals surface area contributed by atoms with Crippen LogP contribution in [0.2, 0.25) is 0 Å². The maximum Gasteiger partial charge on any atom is 0.282 e. The summed E-state index contributed by atoms with van der Waals surface area (Å²) in [6, 6.07) is 3.77. The van der Waals surface area contributed by atoms with Crippen LogP contribution in [0.1, 0.15) is 23.6 Å². The molecule has 1 aromatic carbocycles. The van der Waals surface area contributed by atoms with E-state index in [0.29, 0.717) is 0 Å². The minimum Gasteiger partial charge on any atom is -0.354 e. The Hall–Kier alpha value is -1.88. The number of aryl methyl sites for hydroxylation is 3. The lowest BCUT2D eigenvalue weighted by Gasteiger charge is -2.15. The Bertz CT molecular complexity index is 489. The van der Waals surface area contributed by atoms with Crippen LogP contribution in [-0.4, -0.2) is 31.4 Å². The number of nitrogens with one attached hydrogen (secondary N) is 2. The summed E-state index contributed by atoms with van der Waals surface area (Å²) in [5.74, 6) is -0.184. The van der Waals surface area contributed by atoms with Crippen molar-refractivity contribution in [3.63, 3.8) is 0 Å². The quantitative estimate of drug-likeness (QED) is 0.722. The topological polar surface area (TPSA) is 74.8 Å². The van der Waals surface area contributed by atoms with E-state index < -0.39 is 0 Å². The lowest BCUT2D eigenvalue weighted by Crippen LogP contribution is -2.93. The van der Waals surface area contributed by atoms with Gasteiger partial charge in [-0.2, -0.15) is 0 Å². The average Bonchev–Trinajstić information content (AvgIpc) is 2.39. The molecule has 0 bridgehead atoms. The van der Waals surface area contributed by atoms with Crippen LogP contribution >= 0.6 is 0 Å². The van der Waals surface area contributed by atoms with E-state index in [9.17, 15) is 9.59 Å². The van der Waals surface area contributed by atoms with Crippen LogP contribution in [-0.2, 0) is 9.59 Å². The Kier molecular flexibility index (Phi) is 5.70. The van der Waals surface area contributed by atoms with Crippen molar-refractivity contribution in [3.8, 4) is 0 Å². The fourth-order valence-electron chi connectivity index (χ4n) is 2.11. The first-order valence-corrected chi connectivity index (χ1v) is 6.77. The lowest BCUT2D eigenvalue weighted by atomic mass is 10.0. The number of hydrogen-bond acceptors (Lipinski definition) is 2. The van der Waals surface area contributed by atoms with Gasteiger partial charge >= 0.3 is 0 Å². The predicted octanol–water partition coefficient (Wildman–Crippen LogP) is 0.248. The third-order valence-corrected chi connectivity index (χ3v) is 3.27. The molecule has 0 spiro atoms. The molecule has 4 N–H and O–H groups in total. The van der Waals surface area contributed by atoms with E-state index in [4.69, 9.17) is 0 Å². The molecule has 0 saturated heterocycles. The van der Waals surface area contributed by atoms with Crippen molar-refractivity contribution < 1.29 is 14.9 Å². The molecule has 0 aliphatic carbocycles. The molecular weight excluding hydrogens is 254 g/mol. The van der Waals surface area contributed by atoms with Gasteiger partial charge in [0.2, 0.25) is 0 Å². The maximum absolute atomic E-state index is 12.1. The Morgan fingerprint density at radius 3 is 2.25 bits per heavy atom. The highest BCUT2D eigenvalue weighted by molar-refractivity contribution is 5.95. The third-order valence-electron chi connectivity index (χ3n) is 3.27. The van der Waals surface area contributed by atoms with Crippen LogP contribution in [0.15, 0.2) is 12.1 Å². The first-order chi connectivity index (χ1) is 9.35. The molecule has 0 heterocycles. The van der Waals surface area contributed by atoms with Crippen LogP contribution < -0.4 is 16.0 Å². The number of amides is 2. The highest BCUT2D eigenvalue weighted by atomic mass is 16.2. The number of carbonyl (C=O) groups is 2. The molecule has 0 aromatic heterocycles. The third kappa shape index (κ3) is 4.35. The second-order valence-corrected chi connectivity index (χ2v) is 5.16. The number of carbonyl (C=O) groups excluding carboxylic acids is 2. The van der Waals surface area contributed by atoms with Crippen LogP contribution in [0.4, 0.5) is 5.69 Å². The molecule has 110 valence electrons. The fourth-order valence-corrected chi connectivity index (χ4v) is 2.11. The smallest absolute Gasteiger partial charge is 0.282 e. The molecule has 2 amide bonds. The second kappa shape index (κ2) is 7.05. The van der Waals surface area contributed by atoms with E-state index in [2.05, 4.69) is 10.6 Å². The zero-order valence-electron chi connectivity index (χ0n) is 12.8. The summed E-state index contributed by atoms with van der Waals surface area (Å²) in [5.41, 5.74) is 4.14. The zero-order chi connectivity index (χ0) is 15.3. The standard InChI is InChI=1S/C15H23N3O2/c1-9-6-10(2)14(11(3)7-9)18-15(20)12(4)17-8-13(19)16-5/h6-7,12,17H,8H2,1-5H3,(H,16,19)(H,18,20)/p+1/t12-/m0/s1. The first kappa shape index (κ1) is 16.2. The van der Waals surface area contributed by atoms with Gasteiger partial charge in [-0.3, -0.25) is 9.59 Å². The van der Waals surface area contributed by atoms with Crippen LogP contribution in [0.3, 0.4) is 0 Å². The number of rotatable bonds is 5. The molecule has 1 aromatic rings. The second-order valence-electron chi connectivity index (χ2n) is 5.16. The molecule has 0 saturated carbocycles. The van der Waals surface area contributed by atoms with Crippen LogP contribution in [0.5, 0.6) is 0 Å². The molecule has 0 aliphatic heterocycles. The lowest BCUT2D eigenvalue weighted by molar-refractivity contribution is -0.662. The summed E-state index contributed by atoms with van der Waals surface area (Å²) in [6.45, 7) is 8.03. The Morgan fingerprint density at radius 1 is 1.20 bits per heavy atom. The fraction of sp³-hybridized carbons (Fsp3) is 0.467. The van der Waals surface area contributed by atoms with Gasteiger partial charge in [0, 0.05) is 12.7 Å². The number of hydrogen-bond donors (Lipinski definition) is 3. The number of anilines is 1. The molecule has 0 radical (unpaired) electrons. The van der Waals surface area contributed by atoms with Crippen molar-refractivity contribution in [2.45, 2.75) is 33.7 Å². The van der Waals surface area contributed by atoms with E-state index in [-0.39, 0.29) is 24.4 Å². The highest BCUT2D eigenvalue weighted by Crippen LogP contribution is 2.21. The molecule has 5 heteroatoms. The Morgan fingerprint density at radius 2 is 1.75 bits per heavy atom. The SMILES string of the molecule is CNC(=O)C[NH2+][C@@H](C)C(=O)Nc1c(C)cc(C)cc1C. The summed E-state index contributed by atoms with van der Waals surface area (Å²) in [5, 5.41) is 7.19. The van der Waals surface area contributed by atoms with Crippen molar-refractivity contribution in [2.75, 3.05) is 18.9 Å². The minimum atomic E-state index is -0.313. The maximum atomic E-state index is 12.1. The minimum absolute atomic E-state index is 0.0904. The van der Waals surface area contributed by atoms with E-state index in [0.717, 1.165) is 16.8 Å². The van der Waals surface area contributed by atoms with Crippen molar-refractivity contribution >= 4 is 17.5 Å².